The lowest BCUT2D eigenvalue weighted by atomic mass is 9.82. The molecule has 0 saturated heterocycles. The lowest BCUT2D eigenvalue weighted by Gasteiger charge is -2.26. The number of rotatable bonds is 4. The fraction of sp³-hybridized carbons (Fsp3) is 0.600. The first-order chi connectivity index (χ1) is 8.72. The maximum absolute atomic E-state index is 5.94. The summed E-state index contributed by atoms with van der Waals surface area (Å²) in [5.41, 5.74) is 7.22. The van der Waals surface area contributed by atoms with Crippen LogP contribution in [0.3, 0.4) is 0 Å². The van der Waals surface area contributed by atoms with Gasteiger partial charge in [0, 0.05) is 12.1 Å². The van der Waals surface area contributed by atoms with Gasteiger partial charge in [0.2, 0.25) is 0 Å². The van der Waals surface area contributed by atoms with E-state index in [1.807, 2.05) is 12.1 Å². The van der Waals surface area contributed by atoms with E-state index in [1.54, 1.807) is 14.2 Å². The van der Waals surface area contributed by atoms with E-state index in [1.165, 1.54) is 18.4 Å². The van der Waals surface area contributed by atoms with Crippen molar-refractivity contribution in [3.8, 4) is 11.5 Å². The minimum Gasteiger partial charge on any atom is -0.497 e. The van der Waals surface area contributed by atoms with Crippen LogP contribution in [-0.4, -0.2) is 20.3 Å². The molecule has 2 N–H and O–H groups in total. The molecule has 3 nitrogen and oxygen atoms in total. The van der Waals surface area contributed by atoms with Gasteiger partial charge in [0.25, 0.3) is 0 Å². The summed E-state index contributed by atoms with van der Waals surface area (Å²) in [5, 5.41) is 0. The summed E-state index contributed by atoms with van der Waals surface area (Å²) in [5.74, 6) is 2.53. The zero-order chi connectivity index (χ0) is 13.0. The number of nitrogens with two attached hydrogens (primary N) is 1. The second-order valence-electron chi connectivity index (χ2n) is 5.16. The van der Waals surface area contributed by atoms with Crippen LogP contribution in [0.15, 0.2) is 18.2 Å². The van der Waals surface area contributed by atoms with E-state index < -0.39 is 0 Å². The molecule has 0 radical (unpaired) electrons. The molecule has 0 spiro atoms. The molecule has 0 aliphatic heterocycles. The molecular formula is C15H23NO2. The van der Waals surface area contributed by atoms with Gasteiger partial charge in [-0.15, -0.1) is 0 Å². The van der Waals surface area contributed by atoms with Gasteiger partial charge in [-0.25, -0.2) is 0 Å². The third-order valence-electron chi connectivity index (χ3n) is 3.89. The van der Waals surface area contributed by atoms with Gasteiger partial charge >= 0.3 is 0 Å². The molecule has 1 aromatic carbocycles. The van der Waals surface area contributed by atoms with Crippen molar-refractivity contribution in [1.29, 1.82) is 0 Å². The van der Waals surface area contributed by atoms with E-state index >= 15 is 0 Å². The van der Waals surface area contributed by atoms with Crippen molar-refractivity contribution in [1.82, 2.24) is 0 Å². The minimum atomic E-state index is 0.416. The predicted octanol–water partition coefficient (Wildman–Crippen LogP) is 2.76. The highest BCUT2D eigenvalue weighted by Gasteiger charge is 2.20. The van der Waals surface area contributed by atoms with Crippen molar-refractivity contribution in [2.24, 2.45) is 11.7 Å². The average Bonchev–Trinajstić information content (AvgIpc) is 2.41. The van der Waals surface area contributed by atoms with Crippen LogP contribution in [0.1, 0.15) is 31.2 Å². The number of benzene rings is 1. The fourth-order valence-corrected chi connectivity index (χ4v) is 2.72. The van der Waals surface area contributed by atoms with Gasteiger partial charge in [0.1, 0.15) is 11.5 Å². The van der Waals surface area contributed by atoms with Crippen LogP contribution >= 0.6 is 0 Å². The number of hydrogen-bond donors (Lipinski definition) is 1. The van der Waals surface area contributed by atoms with E-state index in [2.05, 4.69) is 6.07 Å². The van der Waals surface area contributed by atoms with Crippen LogP contribution in [-0.2, 0) is 6.42 Å². The molecular weight excluding hydrogens is 226 g/mol. The first kappa shape index (κ1) is 13.2. The van der Waals surface area contributed by atoms with E-state index in [0.717, 1.165) is 36.7 Å². The van der Waals surface area contributed by atoms with Crippen LogP contribution in [0.4, 0.5) is 0 Å². The number of ether oxygens (including phenoxy) is 2. The Morgan fingerprint density at radius 2 is 1.83 bits per heavy atom. The van der Waals surface area contributed by atoms with E-state index in [4.69, 9.17) is 15.2 Å². The van der Waals surface area contributed by atoms with Crippen LogP contribution in [0, 0.1) is 5.92 Å². The molecule has 1 saturated carbocycles. The molecule has 1 aliphatic rings. The summed E-state index contributed by atoms with van der Waals surface area (Å²) in [6.07, 6.45) is 5.86. The van der Waals surface area contributed by atoms with Gasteiger partial charge in [0.15, 0.2) is 0 Å². The Hall–Kier alpha value is -1.22. The molecule has 1 fully saturated rings. The Bertz CT molecular complexity index is 384. The monoisotopic (exact) mass is 249 g/mol. The third kappa shape index (κ3) is 3.16. The maximum Gasteiger partial charge on any atom is 0.125 e. The molecule has 3 heteroatoms. The summed E-state index contributed by atoms with van der Waals surface area (Å²) >= 11 is 0. The summed E-state index contributed by atoms with van der Waals surface area (Å²) in [7, 11) is 3.39. The van der Waals surface area contributed by atoms with E-state index in [0.29, 0.717) is 6.04 Å². The van der Waals surface area contributed by atoms with Gasteiger partial charge in [-0.3, -0.25) is 0 Å². The van der Waals surface area contributed by atoms with Gasteiger partial charge in [-0.2, -0.15) is 0 Å². The van der Waals surface area contributed by atoms with Crippen molar-refractivity contribution < 1.29 is 9.47 Å². The predicted molar refractivity (Wildman–Crippen MR) is 73.2 cm³/mol. The van der Waals surface area contributed by atoms with Crippen LogP contribution in [0.5, 0.6) is 11.5 Å². The second-order valence-corrected chi connectivity index (χ2v) is 5.16. The van der Waals surface area contributed by atoms with Gasteiger partial charge < -0.3 is 15.2 Å². The number of hydrogen-bond acceptors (Lipinski definition) is 3. The Morgan fingerprint density at radius 3 is 2.44 bits per heavy atom. The molecule has 0 heterocycles. The largest absolute Gasteiger partial charge is 0.497 e. The Morgan fingerprint density at radius 1 is 1.11 bits per heavy atom. The lowest BCUT2D eigenvalue weighted by Crippen LogP contribution is -2.27. The smallest absolute Gasteiger partial charge is 0.125 e. The Kier molecular flexibility index (Phi) is 4.48. The Labute approximate surface area is 109 Å². The average molecular weight is 249 g/mol. The first-order valence-corrected chi connectivity index (χ1v) is 6.69. The minimum absolute atomic E-state index is 0.416. The van der Waals surface area contributed by atoms with Crippen molar-refractivity contribution in [3.05, 3.63) is 23.8 Å². The first-order valence-electron chi connectivity index (χ1n) is 6.69. The van der Waals surface area contributed by atoms with Crippen LogP contribution in [0.2, 0.25) is 0 Å². The SMILES string of the molecule is COc1ccc(CC2CCC(N)CC2)c(OC)c1. The molecule has 100 valence electrons. The van der Waals surface area contributed by atoms with Crippen LogP contribution < -0.4 is 15.2 Å². The molecule has 18 heavy (non-hydrogen) atoms. The summed E-state index contributed by atoms with van der Waals surface area (Å²) in [6.45, 7) is 0. The summed E-state index contributed by atoms with van der Waals surface area (Å²) in [6, 6.07) is 6.50. The molecule has 1 aromatic rings. The number of methoxy groups -OCH3 is 2. The van der Waals surface area contributed by atoms with Crippen LogP contribution in [0.25, 0.3) is 0 Å². The highest BCUT2D eigenvalue weighted by molar-refractivity contribution is 5.41. The molecule has 0 amide bonds. The zero-order valence-electron chi connectivity index (χ0n) is 11.3. The van der Waals surface area contributed by atoms with Gasteiger partial charge in [-0.1, -0.05) is 6.07 Å². The molecule has 0 aromatic heterocycles. The lowest BCUT2D eigenvalue weighted by molar-refractivity contribution is 0.319. The van der Waals surface area contributed by atoms with Gasteiger partial charge in [0.05, 0.1) is 14.2 Å². The normalized spacial score (nSPS) is 23.7. The zero-order valence-corrected chi connectivity index (χ0v) is 11.3. The highest BCUT2D eigenvalue weighted by atomic mass is 16.5. The second kappa shape index (κ2) is 6.10. The van der Waals surface area contributed by atoms with E-state index in [9.17, 15) is 0 Å². The molecule has 2 rings (SSSR count). The molecule has 0 bridgehead atoms. The molecule has 0 unspecified atom stereocenters. The Balaban J connectivity index is 2.04. The quantitative estimate of drug-likeness (QED) is 0.892. The highest BCUT2D eigenvalue weighted by Crippen LogP contribution is 2.31. The van der Waals surface area contributed by atoms with Crippen molar-refractivity contribution in [2.45, 2.75) is 38.1 Å². The summed E-state index contributed by atoms with van der Waals surface area (Å²) < 4.78 is 10.7. The molecule has 0 atom stereocenters. The van der Waals surface area contributed by atoms with E-state index in [-0.39, 0.29) is 0 Å². The summed E-state index contributed by atoms with van der Waals surface area (Å²) in [4.78, 5) is 0. The van der Waals surface area contributed by atoms with Crippen molar-refractivity contribution >= 4 is 0 Å². The maximum atomic E-state index is 5.94. The third-order valence-corrected chi connectivity index (χ3v) is 3.89. The van der Waals surface area contributed by atoms with Crippen molar-refractivity contribution in [2.75, 3.05) is 14.2 Å². The van der Waals surface area contributed by atoms with Crippen molar-refractivity contribution in [3.63, 3.8) is 0 Å². The standard InChI is InChI=1S/C15H23NO2/c1-17-14-8-5-12(15(10-14)18-2)9-11-3-6-13(16)7-4-11/h5,8,10-11,13H,3-4,6-7,9,16H2,1-2H3. The fourth-order valence-electron chi connectivity index (χ4n) is 2.72. The topological polar surface area (TPSA) is 44.5 Å². The molecule has 1 aliphatic carbocycles. The van der Waals surface area contributed by atoms with Gasteiger partial charge in [-0.05, 0) is 49.7 Å².